The van der Waals surface area contributed by atoms with Crippen LogP contribution in [0, 0.1) is 56.7 Å². The summed E-state index contributed by atoms with van der Waals surface area (Å²) in [6, 6.07) is 12.0. The Hall–Kier alpha value is -3.34. The first-order valence-corrected chi connectivity index (χ1v) is 9.85. The van der Waals surface area contributed by atoms with Crippen LogP contribution in [0.3, 0.4) is 0 Å². The Kier molecular flexibility index (Phi) is 5.83. The number of benzene rings is 1. The number of ether oxygens (including phenoxy) is 2. The summed E-state index contributed by atoms with van der Waals surface area (Å²) in [5, 5.41) is 38.8. The average molecular weight is 403 g/mol. The van der Waals surface area contributed by atoms with Gasteiger partial charge in [0.05, 0.1) is 38.1 Å². The van der Waals surface area contributed by atoms with E-state index in [1.807, 2.05) is 12.1 Å². The summed E-state index contributed by atoms with van der Waals surface area (Å²) >= 11 is 0. The molecule has 0 saturated heterocycles. The maximum absolute atomic E-state index is 10.1. The van der Waals surface area contributed by atoms with Gasteiger partial charge in [-0.3, -0.25) is 4.90 Å². The number of hydrogen-bond acceptors (Lipinski definition) is 7. The molecular weight excluding hydrogens is 378 g/mol. The Morgan fingerprint density at radius 2 is 1.80 bits per heavy atom. The summed E-state index contributed by atoms with van der Waals surface area (Å²) in [4.78, 5) is 2.25. The summed E-state index contributed by atoms with van der Waals surface area (Å²) < 4.78 is 10.8. The lowest BCUT2D eigenvalue weighted by Crippen LogP contribution is -2.53. The molecule has 1 fully saturated rings. The van der Waals surface area contributed by atoms with Crippen LogP contribution in [0.15, 0.2) is 29.8 Å². The minimum absolute atomic E-state index is 0.143. The molecule has 1 aliphatic heterocycles. The smallest absolute Gasteiger partial charge is 0.189 e. The van der Waals surface area contributed by atoms with Gasteiger partial charge in [-0.25, -0.2) is 0 Å². The summed E-state index contributed by atoms with van der Waals surface area (Å²) in [7, 11) is 3.08. The molecule has 1 aromatic carbocycles. The highest BCUT2D eigenvalue weighted by molar-refractivity contribution is 6.00. The standard InChI is InChI=1S/C23H25N5O2/c1-14(2)28-8-7-16-17(10-24)22(27)23(12-25,13-26)21(18(16)11-28)15-5-6-19(29-3)20(9-15)30-4/h5-7,9,14,17-18,21,27H,8,11H2,1-4H3/t17?,18-,21+/m0/s1. The Bertz CT molecular complexity index is 994. The van der Waals surface area contributed by atoms with Gasteiger partial charge < -0.3 is 14.9 Å². The van der Waals surface area contributed by atoms with Crippen LogP contribution in [0.4, 0.5) is 0 Å². The first kappa shape index (κ1) is 21.4. The van der Waals surface area contributed by atoms with E-state index in [9.17, 15) is 15.8 Å². The van der Waals surface area contributed by atoms with Crippen molar-refractivity contribution in [2.45, 2.75) is 25.8 Å². The zero-order chi connectivity index (χ0) is 22.1. The Labute approximate surface area is 177 Å². The molecule has 3 atom stereocenters. The fourth-order valence-corrected chi connectivity index (χ4v) is 4.67. The molecule has 0 amide bonds. The van der Waals surface area contributed by atoms with E-state index >= 15 is 0 Å². The molecule has 7 nitrogen and oxygen atoms in total. The summed E-state index contributed by atoms with van der Waals surface area (Å²) in [6.45, 7) is 5.48. The minimum Gasteiger partial charge on any atom is -0.493 e. The van der Waals surface area contributed by atoms with Gasteiger partial charge in [0.15, 0.2) is 16.9 Å². The number of rotatable bonds is 4. The maximum Gasteiger partial charge on any atom is 0.189 e. The molecule has 1 aromatic rings. The van der Waals surface area contributed by atoms with Gasteiger partial charge in [0.2, 0.25) is 0 Å². The zero-order valence-corrected chi connectivity index (χ0v) is 17.6. The van der Waals surface area contributed by atoms with Crippen LogP contribution in [0.1, 0.15) is 25.3 Å². The minimum atomic E-state index is -1.73. The molecule has 7 heteroatoms. The highest BCUT2D eigenvalue weighted by atomic mass is 16.5. The molecule has 0 spiro atoms. The predicted octanol–water partition coefficient (Wildman–Crippen LogP) is 3.26. The highest BCUT2D eigenvalue weighted by Crippen LogP contribution is 2.54. The average Bonchev–Trinajstić information content (AvgIpc) is 2.77. The van der Waals surface area contributed by atoms with Crippen LogP contribution in [-0.4, -0.2) is 44.0 Å². The van der Waals surface area contributed by atoms with E-state index in [1.54, 1.807) is 19.2 Å². The summed E-state index contributed by atoms with van der Waals surface area (Å²) in [6.07, 6.45) is 2.00. The predicted molar refractivity (Wildman–Crippen MR) is 111 cm³/mol. The second-order valence-corrected chi connectivity index (χ2v) is 7.96. The second kappa shape index (κ2) is 8.19. The van der Waals surface area contributed by atoms with E-state index in [4.69, 9.17) is 14.9 Å². The molecule has 3 rings (SSSR count). The molecule has 30 heavy (non-hydrogen) atoms. The Morgan fingerprint density at radius 1 is 1.13 bits per heavy atom. The second-order valence-electron chi connectivity index (χ2n) is 7.96. The third-order valence-electron chi connectivity index (χ3n) is 6.32. The number of nitrogens with one attached hydrogen (secondary N) is 1. The van der Waals surface area contributed by atoms with Crippen molar-refractivity contribution in [2.24, 2.45) is 17.3 Å². The van der Waals surface area contributed by atoms with Gasteiger partial charge in [0, 0.05) is 31.0 Å². The lowest BCUT2D eigenvalue weighted by atomic mass is 9.54. The molecule has 1 heterocycles. The summed E-state index contributed by atoms with van der Waals surface area (Å²) in [5.74, 6) is -0.657. The van der Waals surface area contributed by atoms with Crippen LogP contribution in [0.2, 0.25) is 0 Å². The molecule has 0 radical (unpaired) electrons. The lowest BCUT2D eigenvalue weighted by molar-refractivity contribution is 0.171. The van der Waals surface area contributed by atoms with Crippen molar-refractivity contribution in [3.05, 3.63) is 35.4 Å². The SMILES string of the molecule is COc1ccc([C@@H]2[C@H]3CN(C(C)C)CC=C3C(C#N)C(=N)C2(C#N)C#N)cc1OC. The molecule has 2 aliphatic rings. The van der Waals surface area contributed by atoms with Crippen LogP contribution >= 0.6 is 0 Å². The third-order valence-corrected chi connectivity index (χ3v) is 6.32. The molecule has 1 saturated carbocycles. The maximum atomic E-state index is 10.1. The number of nitrogens with zero attached hydrogens (tertiary/aromatic N) is 4. The zero-order valence-electron chi connectivity index (χ0n) is 17.6. The van der Waals surface area contributed by atoms with Crippen LogP contribution in [-0.2, 0) is 0 Å². The van der Waals surface area contributed by atoms with E-state index in [2.05, 4.69) is 37.0 Å². The van der Waals surface area contributed by atoms with Gasteiger partial charge in [-0.15, -0.1) is 0 Å². The van der Waals surface area contributed by atoms with Crippen molar-refractivity contribution in [2.75, 3.05) is 27.3 Å². The van der Waals surface area contributed by atoms with Gasteiger partial charge in [0.1, 0.15) is 5.92 Å². The molecule has 0 aromatic heterocycles. The van der Waals surface area contributed by atoms with Gasteiger partial charge >= 0.3 is 0 Å². The van der Waals surface area contributed by atoms with E-state index in [-0.39, 0.29) is 17.7 Å². The van der Waals surface area contributed by atoms with Crippen LogP contribution in [0.25, 0.3) is 0 Å². The van der Waals surface area contributed by atoms with Crippen LogP contribution < -0.4 is 9.47 Å². The fraction of sp³-hybridized carbons (Fsp3) is 0.478. The van der Waals surface area contributed by atoms with E-state index < -0.39 is 17.3 Å². The summed E-state index contributed by atoms with van der Waals surface area (Å²) in [5.41, 5.74) is -0.323. The number of methoxy groups -OCH3 is 2. The first-order valence-electron chi connectivity index (χ1n) is 9.85. The Morgan fingerprint density at radius 3 is 2.33 bits per heavy atom. The molecule has 154 valence electrons. The lowest BCUT2D eigenvalue weighted by Gasteiger charge is -2.48. The molecular formula is C23H25N5O2. The largest absolute Gasteiger partial charge is 0.493 e. The molecule has 1 N–H and O–H groups in total. The van der Waals surface area contributed by atoms with Crippen LogP contribution in [0.5, 0.6) is 11.5 Å². The van der Waals surface area contributed by atoms with Gasteiger partial charge in [-0.1, -0.05) is 12.1 Å². The fourth-order valence-electron chi connectivity index (χ4n) is 4.67. The van der Waals surface area contributed by atoms with E-state index in [0.29, 0.717) is 24.6 Å². The van der Waals surface area contributed by atoms with Crippen molar-refractivity contribution < 1.29 is 9.47 Å². The molecule has 0 bridgehead atoms. The van der Waals surface area contributed by atoms with Crippen molar-refractivity contribution in [3.63, 3.8) is 0 Å². The van der Waals surface area contributed by atoms with Gasteiger partial charge in [0.25, 0.3) is 0 Å². The molecule has 1 unspecified atom stereocenters. The van der Waals surface area contributed by atoms with Crippen molar-refractivity contribution in [1.29, 1.82) is 21.2 Å². The number of nitriles is 3. The van der Waals surface area contributed by atoms with Crippen molar-refractivity contribution >= 4 is 5.71 Å². The number of hydrogen-bond donors (Lipinski definition) is 1. The van der Waals surface area contributed by atoms with Gasteiger partial charge in [-0.05, 0) is 37.1 Å². The number of fused-ring (bicyclic) bond motifs is 1. The van der Waals surface area contributed by atoms with Gasteiger partial charge in [-0.2, -0.15) is 15.8 Å². The quantitative estimate of drug-likeness (QED) is 0.771. The third kappa shape index (κ3) is 3.11. The van der Waals surface area contributed by atoms with E-state index in [1.165, 1.54) is 7.11 Å². The van der Waals surface area contributed by atoms with E-state index in [0.717, 1.165) is 11.1 Å². The first-order chi connectivity index (χ1) is 14.4. The van der Waals surface area contributed by atoms with Crippen molar-refractivity contribution in [1.82, 2.24) is 4.90 Å². The monoisotopic (exact) mass is 403 g/mol. The topological polar surface area (TPSA) is 117 Å². The van der Waals surface area contributed by atoms with Crippen molar-refractivity contribution in [3.8, 4) is 29.7 Å². The normalized spacial score (nSPS) is 25.3. The Balaban J connectivity index is 2.26. The highest BCUT2D eigenvalue weighted by Gasteiger charge is 2.57. The molecule has 1 aliphatic carbocycles.